The maximum atomic E-state index is 13.3. The number of aromatic nitrogens is 1. The molecule has 0 atom stereocenters. The highest BCUT2D eigenvalue weighted by Gasteiger charge is 2.22. The minimum absolute atomic E-state index is 0.120. The molecule has 2 aromatic heterocycles. The quantitative estimate of drug-likeness (QED) is 0.580. The van der Waals surface area contributed by atoms with Gasteiger partial charge in [0.15, 0.2) is 0 Å². The van der Waals surface area contributed by atoms with Crippen LogP contribution >= 0.6 is 11.3 Å². The topological polar surface area (TPSA) is 51.7 Å². The van der Waals surface area contributed by atoms with Crippen LogP contribution in [0.4, 0.5) is 0 Å². The minimum Gasteiger partial charge on any atom is -0.496 e. The number of carbonyl (C=O) groups is 1. The lowest BCUT2D eigenvalue weighted by Crippen LogP contribution is -2.30. The number of thiophene rings is 1. The van der Waals surface area contributed by atoms with Crippen LogP contribution in [-0.2, 0) is 13.1 Å². The van der Waals surface area contributed by atoms with E-state index in [2.05, 4.69) is 4.98 Å². The molecule has 0 unspecified atom stereocenters. The molecule has 6 heteroatoms. The Kier molecular flexibility index (Phi) is 6.44. The summed E-state index contributed by atoms with van der Waals surface area (Å²) in [4.78, 5) is 20.5. The fourth-order valence-electron chi connectivity index (χ4n) is 2.81. The van der Waals surface area contributed by atoms with Gasteiger partial charge in [0.25, 0.3) is 5.91 Å². The second kappa shape index (κ2) is 9.19. The van der Waals surface area contributed by atoms with E-state index in [0.29, 0.717) is 31.1 Å². The molecule has 1 aromatic carbocycles. The van der Waals surface area contributed by atoms with Crippen LogP contribution in [-0.4, -0.2) is 29.5 Å². The average molecular weight is 382 g/mol. The molecule has 0 aliphatic carbocycles. The number of amides is 1. The predicted octanol–water partition coefficient (Wildman–Crippen LogP) is 4.39. The molecule has 3 aromatic rings. The Morgan fingerprint density at radius 1 is 1.11 bits per heavy atom. The van der Waals surface area contributed by atoms with Crippen molar-refractivity contribution in [3.8, 4) is 11.6 Å². The highest BCUT2D eigenvalue weighted by Crippen LogP contribution is 2.25. The third-order valence-corrected chi connectivity index (χ3v) is 4.91. The standard InChI is InChI=1S/C21H22N2O3S/c1-3-26-20-18(10-6-12-22-20)21(24)23(15-17-9-7-13-27-17)14-16-8-4-5-11-19(16)25-2/h4-13H,3,14-15H2,1-2H3. The van der Waals surface area contributed by atoms with E-state index < -0.39 is 0 Å². The van der Waals surface area contributed by atoms with Crippen molar-refractivity contribution in [2.75, 3.05) is 13.7 Å². The van der Waals surface area contributed by atoms with Gasteiger partial charge in [-0.1, -0.05) is 24.3 Å². The minimum atomic E-state index is -0.120. The second-order valence-electron chi connectivity index (χ2n) is 5.84. The van der Waals surface area contributed by atoms with Gasteiger partial charge in [-0.15, -0.1) is 11.3 Å². The van der Waals surface area contributed by atoms with E-state index in [9.17, 15) is 4.79 Å². The van der Waals surface area contributed by atoms with Crippen molar-refractivity contribution in [3.63, 3.8) is 0 Å². The molecule has 0 aliphatic rings. The summed E-state index contributed by atoms with van der Waals surface area (Å²) in [5.41, 5.74) is 1.41. The molecule has 3 rings (SSSR count). The summed E-state index contributed by atoms with van der Waals surface area (Å²) < 4.78 is 11.0. The molecule has 5 nitrogen and oxygen atoms in total. The summed E-state index contributed by atoms with van der Waals surface area (Å²) >= 11 is 1.63. The zero-order chi connectivity index (χ0) is 19.1. The van der Waals surface area contributed by atoms with E-state index in [1.165, 1.54) is 0 Å². The third kappa shape index (κ3) is 4.65. The monoisotopic (exact) mass is 382 g/mol. The van der Waals surface area contributed by atoms with Crippen LogP contribution in [0.15, 0.2) is 60.1 Å². The SMILES string of the molecule is CCOc1ncccc1C(=O)N(Cc1cccs1)Cc1ccccc1OC. The molecule has 0 saturated heterocycles. The van der Waals surface area contributed by atoms with Gasteiger partial charge in [-0.25, -0.2) is 4.98 Å². The number of carbonyl (C=O) groups excluding carboxylic acids is 1. The molecular weight excluding hydrogens is 360 g/mol. The third-order valence-electron chi connectivity index (χ3n) is 4.05. The first-order valence-electron chi connectivity index (χ1n) is 8.74. The Balaban J connectivity index is 1.93. The average Bonchev–Trinajstić information content (AvgIpc) is 3.21. The van der Waals surface area contributed by atoms with Crippen LogP contribution in [0.3, 0.4) is 0 Å². The number of para-hydroxylation sites is 1. The summed E-state index contributed by atoms with van der Waals surface area (Å²) in [6, 6.07) is 15.3. The van der Waals surface area contributed by atoms with Gasteiger partial charge in [0, 0.05) is 16.6 Å². The lowest BCUT2D eigenvalue weighted by atomic mass is 10.1. The molecule has 0 bridgehead atoms. The van der Waals surface area contributed by atoms with Crippen molar-refractivity contribution < 1.29 is 14.3 Å². The molecule has 27 heavy (non-hydrogen) atoms. The molecule has 0 aliphatic heterocycles. The Bertz CT molecular complexity index is 881. The Morgan fingerprint density at radius 2 is 1.96 bits per heavy atom. The smallest absolute Gasteiger partial charge is 0.259 e. The van der Waals surface area contributed by atoms with E-state index in [-0.39, 0.29) is 5.91 Å². The first-order chi connectivity index (χ1) is 13.2. The van der Waals surface area contributed by atoms with Gasteiger partial charge in [0.05, 0.1) is 26.8 Å². The highest BCUT2D eigenvalue weighted by molar-refractivity contribution is 7.09. The largest absolute Gasteiger partial charge is 0.496 e. The first-order valence-corrected chi connectivity index (χ1v) is 9.62. The van der Waals surface area contributed by atoms with Crippen LogP contribution in [0.2, 0.25) is 0 Å². The van der Waals surface area contributed by atoms with Crippen LogP contribution < -0.4 is 9.47 Å². The summed E-state index contributed by atoms with van der Waals surface area (Å²) in [5.74, 6) is 1.00. The van der Waals surface area contributed by atoms with Gasteiger partial charge in [-0.2, -0.15) is 0 Å². The molecular formula is C21H22N2O3S. The fraction of sp³-hybridized carbons (Fsp3) is 0.238. The first kappa shape index (κ1) is 18.9. The van der Waals surface area contributed by atoms with Crippen LogP contribution in [0, 0.1) is 0 Å². The van der Waals surface area contributed by atoms with Gasteiger partial charge in [0.1, 0.15) is 11.3 Å². The number of ether oxygens (including phenoxy) is 2. The fourth-order valence-corrected chi connectivity index (χ4v) is 3.52. The van der Waals surface area contributed by atoms with E-state index in [4.69, 9.17) is 9.47 Å². The van der Waals surface area contributed by atoms with Crippen molar-refractivity contribution in [1.82, 2.24) is 9.88 Å². The van der Waals surface area contributed by atoms with Crippen LogP contribution in [0.1, 0.15) is 27.7 Å². The lowest BCUT2D eigenvalue weighted by Gasteiger charge is -2.24. The zero-order valence-electron chi connectivity index (χ0n) is 15.4. The van der Waals surface area contributed by atoms with Gasteiger partial charge < -0.3 is 14.4 Å². The maximum absolute atomic E-state index is 13.3. The maximum Gasteiger partial charge on any atom is 0.259 e. The zero-order valence-corrected chi connectivity index (χ0v) is 16.2. The number of methoxy groups -OCH3 is 1. The summed E-state index contributed by atoms with van der Waals surface area (Å²) in [6.07, 6.45) is 1.63. The molecule has 0 N–H and O–H groups in total. The molecule has 1 amide bonds. The van der Waals surface area contributed by atoms with Crippen molar-refractivity contribution in [1.29, 1.82) is 0 Å². The van der Waals surface area contributed by atoms with Gasteiger partial charge in [-0.05, 0) is 36.6 Å². The number of rotatable bonds is 8. The Hall–Kier alpha value is -2.86. The number of nitrogens with zero attached hydrogens (tertiary/aromatic N) is 2. The second-order valence-corrected chi connectivity index (χ2v) is 6.87. The van der Waals surface area contributed by atoms with Crippen molar-refractivity contribution >= 4 is 17.2 Å². The molecule has 140 valence electrons. The molecule has 0 spiro atoms. The van der Waals surface area contributed by atoms with E-state index in [0.717, 1.165) is 16.2 Å². The molecule has 0 fully saturated rings. The van der Waals surface area contributed by atoms with Gasteiger partial charge in [-0.3, -0.25) is 4.79 Å². The molecule has 2 heterocycles. The van der Waals surface area contributed by atoms with E-state index in [1.807, 2.05) is 48.7 Å². The Morgan fingerprint density at radius 3 is 2.70 bits per heavy atom. The summed E-state index contributed by atoms with van der Waals surface area (Å²) in [6.45, 7) is 3.27. The normalized spacial score (nSPS) is 10.4. The number of benzene rings is 1. The Labute approximate surface area is 163 Å². The van der Waals surface area contributed by atoms with Crippen molar-refractivity contribution in [2.45, 2.75) is 20.0 Å². The van der Waals surface area contributed by atoms with Crippen LogP contribution in [0.5, 0.6) is 11.6 Å². The van der Waals surface area contributed by atoms with Crippen molar-refractivity contribution in [2.24, 2.45) is 0 Å². The molecule has 0 saturated carbocycles. The predicted molar refractivity (Wildman–Crippen MR) is 106 cm³/mol. The van der Waals surface area contributed by atoms with Crippen molar-refractivity contribution in [3.05, 3.63) is 76.1 Å². The van der Waals surface area contributed by atoms with Gasteiger partial charge >= 0.3 is 0 Å². The van der Waals surface area contributed by atoms with Gasteiger partial charge in [0.2, 0.25) is 5.88 Å². The van der Waals surface area contributed by atoms with E-state index in [1.54, 1.807) is 41.7 Å². The number of hydrogen-bond donors (Lipinski definition) is 0. The van der Waals surface area contributed by atoms with E-state index >= 15 is 0 Å². The molecule has 0 radical (unpaired) electrons. The number of pyridine rings is 1. The highest BCUT2D eigenvalue weighted by atomic mass is 32.1. The lowest BCUT2D eigenvalue weighted by molar-refractivity contribution is 0.0725. The number of hydrogen-bond acceptors (Lipinski definition) is 5. The summed E-state index contributed by atoms with van der Waals surface area (Å²) in [7, 11) is 1.64. The van der Waals surface area contributed by atoms with Crippen LogP contribution in [0.25, 0.3) is 0 Å². The summed E-state index contributed by atoms with van der Waals surface area (Å²) in [5, 5.41) is 2.01.